The molecule has 2 heteroatoms. The zero-order valence-corrected chi connectivity index (χ0v) is 7.84. The minimum Gasteiger partial charge on any atom is -0.508 e. The lowest BCUT2D eigenvalue weighted by Gasteiger charge is -2.01. The molecule has 0 aliphatic heterocycles. The van der Waals surface area contributed by atoms with Crippen LogP contribution in [0.4, 0.5) is 4.39 Å². The molecule has 1 rings (SSSR count). The maximum absolute atomic E-state index is 12.7. The van der Waals surface area contributed by atoms with Crippen LogP contribution in [0.5, 0.6) is 5.75 Å². The molecule has 1 aromatic carbocycles. The van der Waals surface area contributed by atoms with Gasteiger partial charge in [0.25, 0.3) is 0 Å². The Bertz CT molecular complexity index is 325. The highest BCUT2D eigenvalue weighted by Crippen LogP contribution is 2.18. The van der Waals surface area contributed by atoms with Gasteiger partial charge in [0.2, 0.25) is 0 Å². The van der Waals surface area contributed by atoms with Gasteiger partial charge in [0, 0.05) is 5.56 Å². The quantitative estimate of drug-likeness (QED) is 0.693. The maximum atomic E-state index is 12.7. The summed E-state index contributed by atoms with van der Waals surface area (Å²) >= 11 is 0. The van der Waals surface area contributed by atoms with Gasteiger partial charge in [0.05, 0.1) is 0 Å². The summed E-state index contributed by atoms with van der Waals surface area (Å²) in [6.45, 7) is 3.94. The first-order valence-electron chi connectivity index (χ1n) is 4.20. The van der Waals surface area contributed by atoms with Crippen molar-refractivity contribution in [2.75, 3.05) is 0 Å². The van der Waals surface area contributed by atoms with Crippen LogP contribution in [0.25, 0.3) is 0 Å². The van der Waals surface area contributed by atoms with Crippen LogP contribution in [-0.4, -0.2) is 5.11 Å². The van der Waals surface area contributed by atoms with E-state index in [1.54, 1.807) is 0 Å². The molecule has 0 spiro atoms. The van der Waals surface area contributed by atoms with Gasteiger partial charge in [-0.15, -0.1) is 0 Å². The zero-order chi connectivity index (χ0) is 9.84. The first-order valence-corrected chi connectivity index (χ1v) is 4.20. The van der Waals surface area contributed by atoms with Crippen molar-refractivity contribution in [2.24, 2.45) is 0 Å². The van der Waals surface area contributed by atoms with E-state index in [1.807, 2.05) is 19.9 Å². The van der Waals surface area contributed by atoms with Gasteiger partial charge >= 0.3 is 0 Å². The highest BCUT2D eigenvalue weighted by atomic mass is 19.1. The van der Waals surface area contributed by atoms with Crippen molar-refractivity contribution in [3.8, 4) is 5.75 Å². The molecule has 0 saturated carbocycles. The molecule has 0 aliphatic rings. The van der Waals surface area contributed by atoms with Gasteiger partial charge < -0.3 is 5.11 Å². The number of allylic oxidation sites excluding steroid dienone is 2. The predicted molar refractivity (Wildman–Crippen MR) is 51.2 cm³/mol. The number of rotatable bonds is 2. The second-order valence-corrected chi connectivity index (χ2v) is 3.26. The van der Waals surface area contributed by atoms with E-state index >= 15 is 0 Å². The van der Waals surface area contributed by atoms with Gasteiger partial charge in [-0.1, -0.05) is 11.6 Å². The fourth-order valence-corrected chi connectivity index (χ4v) is 1.03. The summed E-state index contributed by atoms with van der Waals surface area (Å²) in [5.41, 5.74) is 1.78. The average molecular weight is 180 g/mol. The molecular weight excluding hydrogens is 167 g/mol. The highest BCUT2D eigenvalue weighted by Gasteiger charge is 2.00. The third-order valence-corrected chi connectivity index (χ3v) is 1.77. The zero-order valence-electron chi connectivity index (χ0n) is 7.84. The van der Waals surface area contributed by atoms with Crippen LogP contribution in [0.2, 0.25) is 0 Å². The maximum Gasteiger partial charge on any atom is 0.123 e. The largest absolute Gasteiger partial charge is 0.508 e. The van der Waals surface area contributed by atoms with Crippen LogP contribution in [0.15, 0.2) is 29.8 Å². The summed E-state index contributed by atoms with van der Waals surface area (Å²) in [6, 6.07) is 3.99. The normalized spacial score (nSPS) is 9.77. The number of aromatic hydroxyl groups is 1. The van der Waals surface area contributed by atoms with Gasteiger partial charge in [0.15, 0.2) is 0 Å². The van der Waals surface area contributed by atoms with Crippen LogP contribution < -0.4 is 0 Å². The molecule has 0 aromatic heterocycles. The van der Waals surface area contributed by atoms with Gasteiger partial charge in [-0.25, -0.2) is 4.39 Å². The summed E-state index contributed by atoms with van der Waals surface area (Å²) in [7, 11) is 0. The number of hydrogen-bond acceptors (Lipinski definition) is 1. The van der Waals surface area contributed by atoms with Crippen LogP contribution in [-0.2, 0) is 6.42 Å². The topological polar surface area (TPSA) is 20.2 Å². The van der Waals surface area contributed by atoms with Gasteiger partial charge in [-0.2, -0.15) is 0 Å². The lowest BCUT2D eigenvalue weighted by molar-refractivity contribution is 0.467. The molecule has 0 bridgehead atoms. The predicted octanol–water partition coefficient (Wildman–Crippen LogP) is 3.04. The van der Waals surface area contributed by atoms with Crippen molar-refractivity contribution < 1.29 is 9.50 Å². The molecule has 0 radical (unpaired) electrons. The number of phenols is 1. The summed E-state index contributed by atoms with van der Waals surface area (Å²) in [5.74, 6) is -0.158. The fraction of sp³-hybridized carbons (Fsp3) is 0.273. The molecule has 0 heterocycles. The van der Waals surface area contributed by atoms with Crippen molar-refractivity contribution in [2.45, 2.75) is 20.3 Å². The molecule has 1 nitrogen and oxygen atoms in total. The Labute approximate surface area is 77.5 Å². The number of hydrogen-bond donors (Lipinski definition) is 1. The van der Waals surface area contributed by atoms with E-state index in [2.05, 4.69) is 0 Å². The van der Waals surface area contributed by atoms with Crippen LogP contribution in [0.1, 0.15) is 19.4 Å². The van der Waals surface area contributed by atoms with Crippen molar-refractivity contribution in [3.05, 3.63) is 41.2 Å². The Morgan fingerprint density at radius 3 is 2.77 bits per heavy atom. The van der Waals surface area contributed by atoms with Crippen molar-refractivity contribution in [3.63, 3.8) is 0 Å². The molecule has 70 valence electrons. The molecule has 0 saturated heterocycles. The molecular formula is C11H13FO. The third kappa shape index (κ3) is 2.90. The van der Waals surface area contributed by atoms with E-state index in [-0.39, 0.29) is 11.6 Å². The van der Waals surface area contributed by atoms with Gasteiger partial charge in [0.1, 0.15) is 11.6 Å². The standard InChI is InChI=1S/C11H13FO/c1-8(2)3-4-9-7-10(12)5-6-11(9)13/h3,5-7,13H,4H2,1-2H3. The highest BCUT2D eigenvalue weighted by molar-refractivity contribution is 5.34. The summed E-state index contributed by atoms with van der Waals surface area (Å²) < 4.78 is 12.7. The van der Waals surface area contributed by atoms with Gasteiger partial charge in [-0.05, 0) is 38.5 Å². The van der Waals surface area contributed by atoms with Crippen LogP contribution in [0.3, 0.4) is 0 Å². The number of benzene rings is 1. The van der Waals surface area contributed by atoms with Crippen molar-refractivity contribution in [1.82, 2.24) is 0 Å². The molecule has 0 fully saturated rings. The van der Waals surface area contributed by atoms with Crippen molar-refractivity contribution in [1.29, 1.82) is 0 Å². The summed E-state index contributed by atoms with van der Waals surface area (Å²) in [6.07, 6.45) is 2.53. The summed E-state index contributed by atoms with van der Waals surface area (Å²) in [5, 5.41) is 9.35. The Kier molecular flexibility index (Phi) is 3.07. The Hall–Kier alpha value is -1.31. The van der Waals surface area contributed by atoms with E-state index < -0.39 is 0 Å². The summed E-state index contributed by atoms with van der Waals surface area (Å²) in [4.78, 5) is 0. The van der Waals surface area contributed by atoms with E-state index in [1.165, 1.54) is 18.2 Å². The van der Waals surface area contributed by atoms with Gasteiger partial charge in [-0.3, -0.25) is 0 Å². The Balaban J connectivity index is 2.87. The van der Waals surface area contributed by atoms with E-state index in [4.69, 9.17) is 0 Å². The first kappa shape index (κ1) is 9.78. The molecule has 0 atom stereocenters. The monoisotopic (exact) mass is 180 g/mol. The lowest BCUT2D eigenvalue weighted by Crippen LogP contribution is -1.85. The van der Waals surface area contributed by atoms with Crippen LogP contribution in [0, 0.1) is 5.82 Å². The third-order valence-electron chi connectivity index (χ3n) is 1.77. The smallest absolute Gasteiger partial charge is 0.123 e. The molecule has 0 aliphatic carbocycles. The van der Waals surface area contributed by atoms with Crippen LogP contribution >= 0.6 is 0 Å². The van der Waals surface area contributed by atoms with Crippen molar-refractivity contribution >= 4 is 0 Å². The van der Waals surface area contributed by atoms with E-state index in [0.717, 1.165) is 5.57 Å². The number of halogens is 1. The molecule has 0 unspecified atom stereocenters. The Morgan fingerprint density at radius 1 is 1.46 bits per heavy atom. The van der Waals surface area contributed by atoms with E-state index in [9.17, 15) is 9.50 Å². The average Bonchev–Trinajstić information content (AvgIpc) is 2.06. The molecule has 13 heavy (non-hydrogen) atoms. The first-order chi connectivity index (χ1) is 6.09. The molecule has 0 amide bonds. The second kappa shape index (κ2) is 4.08. The minimum atomic E-state index is -0.310. The molecule has 1 aromatic rings. The Morgan fingerprint density at radius 2 is 2.15 bits per heavy atom. The fourth-order valence-electron chi connectivity index (χ4n) is 1.03. The number of phenolic OH excluding ortho intramolecular Hbond substituents is 1. The SMILES string of the molecule is CC(C)=CCc1cc(F)ccc1O. The lowest BCUT2D eigenvalue weighted by atomic mass is 10.1. The second-order valence-electron chi connectivity index (χ2n) is 3.26. The molecule has 1 N–H and O–H groups in total. The minimum absolute atomic E-state index is 0.152. The van der Waals surface area contributed by atoms with E-state index in [0.29, 0.717) is 12.0 Å².